The summed E-state index contributed by atoms with van der Waals surface area (Å²) >= 11 is 0. The van der Waals surface area contributed by atoms with E-state index in [0.29, 0.717) is 23.0 Å². The third-order valence-corrected chi connectivity index (χ3v) is 4.34. The number of para-hydroxylation sites is 2. The lowest BCUT2D eigenvalue weighted by atomic mass is 10.1. The fourth-order valence-electron chi connectivity index (χ4n) is 2.89. The van der Waals surface area contributed by atoms with E-state index in [2.05, 4.69) is 15.5 Å². The van der Waals surface area contributed by atoms with E-state index in [1.54, 1.807) is 30.5 Å². The number of hydrogen-bond acceptors (Lipinski definition) is 6. The summed E-state index contributed by atoms with van der Waals surface area (Å²) in [5.41, 5.74) is 6.10. The lowest BCUT2D eigenvalue weighted by molar-refractivity contribution is 0.0601. The maximum atomic E-state index is 11.7. The molecule has 0 amide bonds. The number of furan rings is 1. The van der Waals surface area contributed by atoms with E-state index in [-0.39, 0.29) is 5.97 Å². The topological polar surface area (TPSA) is 81.6 Å². The second-order valence-corrected chi connectivity index (χ2v) is 6.13. The Bertz CT molecular complexity index is 1170. The zero-order chi connectivity index (χ0) is 19.5. The van der Waals surface area contributed by atoms with Crippen molar-refractivity contribution in [3.05, 3.63) is 72.0 Å². The van der Waals surface area contributed by atoms with Crippen LogP contribution in [-0.2, 0) is 11.8 Å². The molecular formula is C21H18N4O3. The molecule has 0 saturated heterocycles. The van der Waals surface area contributed by atoms with E-state index in [1.807, 2.05) is 48.0 Å². The van der Waals surface area contributed by atoms with Crippen LogP contribution in [-0.4, -0.2) is 28.8 Å². The summed E-state index contributed by atoms with van der Waals surface area (Å²) in [5, 5.41) is 4.21. The highest BCUT2D eigenvalue weighted by Gasteiger charge is 2.09. The minimum absolute atomic E-state index is 0.387. The van der Waals surface area contributed by atoms with Gasteiger partial charge in [-0.05, 0) is 36.4 Å². The average molecular weight is 374 g/mol. The highest BCUT2D eigenvalue weighted by molar-refractivity contribution is 5.90. The van der Waals surface area contributed by atoms with Crippen LogP contribution < -0.4 is 5.43 Å². The summed E-state index contributed by atoms with van der Waals surface area (Å²) < 4.78 is 12.5. The molecule has 0 aliphatic heterocycles. The van der Waals surface area contributed by atoms with Gasteiger partial charge in [-0.1, -0.05) is 24.3 Å². The van der Waals surface area contributed by atoms with E-state index >= 15 is 0 Å². The smallest absolute Gasteiger partial charge is 0.337 e. The number of anilines is 1. The van der Waals surface area contributed by atoms with Gasteiger partial charge >= 0.3 is 5.97 Å². The van der Waals surface area contributed by atoms with E-state index in [1.165, 1.54) is 7.11 Å². The largest absolute Gasteiger partial charge is 0.465 e. The van der Waals surface area contributed by atoms with Crippen LogP contribution in [0.25, 0.3) is 22.4 Å². The minimum Gasteiger partial charge on any atom is -0.465 e. The van der Waals surface area contributed by atoms with Crippen molar-refractivity contribution in [2.45, 2.75) is 0 Å². The summed E-state index contributed by atoms with van der Waals surface area (Å²) in [6.45, 7) is 0. The Morgan fingerprint density at radius 1 is 1.18 bits per heavy atom. The first-order chi connectivity index (χ1) is 13.7. The molecule has 2 aromatic carbocycles. The molecule has 28 heavy (non-hydrogen) atoms. The van der Waals surface area contributed by atoms with Crippen LogP contribution in [0.5, 0.6) is 0 Å². The fourth-order valence-corrected chi connectivity index (χ4v) is 2.89. The molecule has 0 fully saturated rings. The summed E-state index contributed by atoms with van der Waals surface area (Å²) in [7, 11) is 3.28. The number of aromatic nitrogens is 2. The molecule has 0 saturated carbocycles. The Hall–Kier alpha value is -3.87. The number of carbonyl (C=O) groups is 1. The zero-order valence-electron chi connectivity index (χ0n) is 15.4. The van der Waals surface area contributed by atoms with Gasteiger partial charge in [0.05, 0.1) is 29.9 Å². The van der Waals surface area contributed by atoms with E-state index < -0.39 is 0 Å². The molecule has 0 radical (unpaired) electrons. The average Bonchev–Trinajstić information content (AvgIpc) is 3.33. The molecule has 7 nitrogen and oxygen atoms in total. The van der Waals surface area contributed by atoms with Crippen LogP contribution in [0.3, 0.4) is 0 Å². The predicted molar refractivity (Wildman–Crippen MR) is 107 cm³/mol. The van der Waals surface area contributed by atoms with Crippen LogP contribution in [0.4, 0.5) is 5.95 Å². The van der Waals surface area contributed by atoms with Crippen molar-refractivity contribution < 1.29 is 13.9 Å². The van der Waals surface area contributed by atoms with Crippen LogP contribution >= 0.6 is 0 Å². The molecule has 0 aliphatic rings. The first-order valence-corrected chi connectivity index (χ1v) is 8.65. The lowest BCUT2D eigenvalue weighted by Crippen LogP contribution is -2.00. The van der Waals surface area contributed by atoms with Gasteiger partial charge in [0.25, 0.3) is 0 Å². The van der Waals surface area contributed by atoms with Crippen molar-refractivity contribution in [1.82, 2.24) is 9.55 Å². The summed E-state index contributed by atoms with van der Waals surface area (Å²) in [6.07, 6.45) is 1.58. The van der Waals surface area contributed by atoms with Crippen LogP contribution in [0, 0.1) is 0 Å². The number of benzene rings is 2. The number of fused-ring (bicyclic) bond motifs is 1. The number of nitrogens with zero attached hydrogens (tertiary/aromatic N) is 3. The number of methoxy groups -OCH3 is 1. The van der Waals surface area contributed by atoms with Gasteiger partial charge in [-0.2, -0.15) is 5.10 Å². The molecule has 0 bridgehead atoms. The number of ether oxygens (including phenoxy) is 1. The molecule has 140 valence electrons. The van der Waals surface area contributed by atoms with E-state index in [4.69, 9.17) is 9.15 Å². The number of hydrazone groups is 1. The summed E-state index contributed by atoms with van der Waals surface area (Å²) in [4.78, 5) is 16.2. The number of nitrogens with one attached hydrogen (secondary N) is 1. The molecule has 0 aliphatic carbocycles. The van der Waals surface area contributed by atoms with Crippen molar-refractivity contribution in [3.63, 3.8) is 0 Å². The second-order valence-electron chi connectivity index (χ2n) is 6.13. The number of carbonyl (C=O) groups excluding carboxylic acids is 1. The van der Waals surface area contributed by atoms with Crippen LogP contribution in [0.1, 0.15) is 16.1 Å². The summed E-state index contributed by atoms with van der Waals surface area (Å²) in [6, 6.07) is 18.6. The van der Waals surface area contributed by atoms with Gasteiger partial charge in [0.2, 0.25) is 5.95 Å². The van der Waals surface area contributed by atoms with Crippen molar-refractivity contribution in [3.8, 4) is 11.3 Å². The maximum absolute atomic E-state index is 11.7. The maximum Gasteiger partial charge on any atom is 0.337 e. The predicted octanol–water partition coefficient (Wildman–Crippen LogP) is 4.07. The van der Waals surface area contributed by atoms with E-state index in [0.717, 1.165) is 16.6 Å². The van der Waals surface area contributed by atoms with Gasteiger partial charge < -0.3 is 13.7 Å². The van der Waals surface area contributed by atoms with Crippen molar-refractivity contribution >= 4 is 29.2 Å². The number of esters is 1. The quantitative estimate of drug-likeness (QED) is 0.324. The standard InChI is InChI=1S/C21H18N4O3/c1-25-18-9-4-3-8-17(18)23-21(25)24-22-13-16-10-11-19(28-16)14-6-5-7-15(12-14)20(26)27-2/h3-13H,1-2H3,(H,23,24)/b22-13-. The number of hydrogen-bond donors (Lipinski definition) is 1. The molecule has 7 heteroatoms. The fraction of sp³-hybridized carbons (Fsp3) is 0.0952. The molecule has 0 unspecified atom stereocenters. The molecule has 0 spiro atoms. The molecule has 1 N–H and O–H groups in total. The van der Waals surface area contributed by atoms with Crippen molar-refractivity contribution in [2.75, 3.05) is 12.5 Å². The normalized spacial score (nSPS) is 11.2. The minimum atomic E-state index is -0.387. The third-order valence-electron chi connectivity index (χ3n) is 4.34. The number of rotatable bonds is 5. The highest BCUT2D eigenvalue weighted by atomic mass is 16.5. The Kier molecular flexibility index (Phi) is 4.63. The molecule has 2 aromatic heterocycles. The van der Waals surface area contributed by atoms with Gasteiger partial charge in [0.15, 0.2) is 0 Å². The van der Waals surface area contributed by atoms with Crippen molar-refractivity contribution in [1.29, 1.82) is 0 Å². The molecule has 0 atom stereocenters. The molecular weight excluding hydrogens is 356 g/mol. The van der Waals surface area contributed by atoms with Gasteiger partial charge in [0.1, 0.15) is 11.5 Å². The highest BCUT2D eigenvalue weighted by Crippen LogP contribution is 2.23. The Labute approximate surface area is 161 Å². The van der Waals surface area contributed by atoms with Crippen molar-refractivity contribution in [2.24, 2.45) is 12.1 Å². The zero-order valence-corrected chi connectivity index (χ0v) is 15.4. The van der Waals surface area contributed by atoms with Crippen LogP contribution in [0.2, 0.25) is 0 Å². The van der Waals surface area contributed by atoms with Gasteiger partial charge in [-0.15, -0.1) is 0 Å². The summed E-state index contributed by atoms with van der Waals surface area (Å²) in [5.74, 6) is 1.46. The van der Waals surface area contributed by atoms with Gasteiger partial charge in [-0.25, -0.2) is 15.2 Å². The SMILES string of the molecule is COC(=O)c1cccc(-c2ccc(/C=N\Nc3nc4ccccc4n3C)o2)c1. The lowest BCUT2D eigenvalue weighted by Gasteiger charge is -2.01. The Morgan fingerprint density at radius 3 is 2.86 bits per heavy atom. The number of imidazole rings is 1. The van der Waals surface area contributed by atoms with Gasteiger partial charge in [-0.3, -0.25) is 0 Å². The third kappa shape index (κ3) is 3.37. The van der Waals surface area contributed by atoms with Crippen LogP contribution in [0.15, 0.2) is 70.2 Å². The molecule has 4 rings (SSSR count). The van der Waals surface area contributed by atoms with E-state index in [9.17, 15) is 4.79 Å². The molecule has 4 aromatic rings. The number of aryl methyl sites for hydroxylation is 1. The first kappa shape index (κ1) is 17.5. The first-order valence-electron chi connectivity index (χ1n) is 8.65. The monoisotopic (exact) mass is 374 g/mol. The second kappa shape index (κ2) is 7.40. The Balaban J connectivity index is 1.50. The Morgan fingerprint density at radius 2 is 2.04 bits per heavy atom. The molecule has 2 heterocycles. The van der Waals surface area contributed by atoms with Gasteiger partial charge in [0, 0.05) is 12.6 Å².